The van der Waals surface area contributed by atoms with Crippen LogP contribution in [0.2, 0.25) is 0 Å². The van der Waals surface area contributed by atoms with Gasteiger partial charge in [-0.1, -0.05) is 20.8 Å². The summed E-state index contributed by atoms with van der Waals surface area (Å²) < 4.78 is 5.36. The molecule has 2 nitrogen and oxygen atoms in total. The molecule has 13 heavy (non-hydrogen) atoms. The molecule has 1 atom stereocenters. The predicted octanol–water partition coefficient (Wildman–Crippen LogP) is 2.31. The van der Waals surface area contributed by atoms with Crippen molar-refractivity contribution in [1.82, 2.24) is 5.32 Å². The maximum absolute atomic E-state index is 5.36. The van der Waals surface area contributed by atoms with Crippen molar-refractivity contribution < 1.29 is 4.74 Å². The van der Waals surface area contributed by atoms with Gasteiger partial charge in [-0.3, -0.25) is 0 Å². The average Bonchev–Trinajstić information content (AvgIpc) is 2.05. The van der Waals surface area contributed by atoms with Crippen LogP contribution in [0, 0.1) is 5.41 Å². The van der Waals surface area contributed by atoms with E-state index in [4.69, 9.17) is 4.74 Å². The van der Waals surface area contributed by atoms with Crippen molar-refractivity contribution in [3.63, 3.8) is 0 Å². The molecule has 1 N–H and O–H groups in total. The van der Waals surface area contributed by atoms with Crippen LogP contribution < -0.4 is 5.32 Å². The number of nitrogens with one attached hydrogen (secondary N) is 1. The highest BCUT2D eigenvalue weighted by atomic mass is 16.5. The van der Waals surface area contributed by atoms with Crippen LogP contribution in [0.25, 0.3) is 0 Å². The molecular weight excluding hydrogens is 162 g/mol. The summed E-state index contributed by atoms with van der Waals surface area (Å²) in [6, 6.07) is 0.438. The fourth-order valence-electron chi connectivity index (χ4n) is 1.97. The second-order valence-corrected chi connectivity index (χ2v) is 4.75. The highest BCUT2D eigenvalue weighted by Crippen LogP contribution is 2.28. The van der Waals surface area contributed by atoms with E-state index in [-0.39, 0.29) is 5.41 Å². The molecule has 0 aromatic rings. The van der Waals surface area contributed by atoms with Crippen molar-refractivity contribution in [2.45, 2.75) is 39.7 Å². The van der Waals surface area contributed by atoms with E-state index in [1.807, 2.05) is 13.3 Å². The maximum atomic E-state index is 5.36. The van der Waals surface area contributed by atoms with E-state index >= 15 is 0 Å². The van der Waals surface area contributed by atoms with Gasteiger partial charge in [-0.05, 0) is 30.9 Å². The Morgan fingerprint density at radius 2 is 2.15 bits per heavy atom. The van der Waals surface area contributed by atoms with E-state index in [2.05, 4.69) is 26.1 Å². The topological polar surface area (TPSA) is 21.3 Å². The molecule has 1 aliphatic heterocycles. The summed E-state index contributed by atoms with van der Waals surface area (Å²) in [6.45, 7) is 7.64. The largest absolute Gasteiger partial charge is 0.501 e. The average molecular weight is 183 g/mol. The molecule has 0 fully saturated rings. The van der Waals surface area contributed by atoms with Gasteiger partial charge in [0.1, 0.15) is 0 Å². The Balaban J connectivity index is 2.70. The van der Waals surface area contributed by atoms with E-state index in [0.717, 1.165) is 13.0 Å². The number of hydrogen-bond acceptors (Lipinski definition) is 2. The van der Waals surface area contributed by atoms with E-state index in [1.54, 1.807) is 0 Å². The summed E-state index contributed by atoms with van der Waals surface area (Å²) in [5, 5.41) is 3.36. The van der Waals surface area contributed by atoms with E-state index in [0.29, 0.717) is 6.04 Å². The minimum atomic E-state index is 0.265. The zero-order valence-electron chi connectivity index (χ0n) is 9.18. The lowest BCUT2D eigenvalue weighted by Crippen LogP contribution is -2.40. The summed E-state index contributed by atoms with van der Waals surface area (Å²) in [5.41, 5.74) is 1.67. The molecule has 0 bridgehead atoms. The van der Waals surface area contributed by atoms with Gasteiger partial charge < -0.3 is 10.1 Å². The lowest BCUT2D eigenvalue weighted by atomic mass is 9.81. The molecule has 1 heterocycles. The first-order chi connectivity index (χ1) is 6.05. The minimum Gasteiger partial charge on any atom is -0.501 e. The SMILES string of the molecule is CNC(C1=COCCC1)C(C)(C)C. The van der Waals surface area contributed by atoms with Crippen molar-refractivity contribution in [2.75, 3.05) is 13.7 Å². The van der Waals surface area contributed by atoms with Crippen LogP contribution in [-0.4, -0.2) is 19.7 Å². The molecule has 1 unspecified atom stereocenters. The third-order valence-corrected chi connectivity index (χ3v) is 2.49. The van der Waals surface area contributed by atoms with Crippen LogP contribution in [0.15, 0.2) is 11.8 Å². The first kappa shape index (κ1) is 10.6. The fourth-order valence-corrected chi connectivity index (χ4v) is 1.97. The maximum Gasteiger partial charge on any atom is 0.0876 e. The Labute approximate surface area is 81.4 Å². The molecule has 0 amide bonds. The van der Waals surface area contributed by atoms with E-state index in [1.165, 1.54) is 12.0 Å². The van der Waals surface area contributed by atoms with Gasteiger partial charge in [-0.2, -0.15) is 0 Å². The molecule has 0 saturated heterocycles. The molecule has 2 heteroatoms. The first-order valence-electron chi connectivity index (χ1n) is 5.03. The van der Waals surface area contributed by atoms with Gasteiger partial charge in [0.15, 0.2) is 0 Å². The lowest BCUT2D eigenvalue weighted by Gasteiger charge is -2.33. The summed E-state index contributed by atoms with van der Waals surface area (Å²) >= 11 is 0. The monoisotopic (exact) mass is 183 g/mol. The summed E-state index contributed by atoms with van der Waals surface area (Å²) in [7, 11) is 2.02. The highest BCUT2D eigenvalue weighted by Gasteiger charge is 2.27. The Hall–Kier alpha value is -0.500. The molecule has 0 aromatic carbocycles. The van der Waals surface area contributed by atoms with E-state index in [9.17, 15) is 0 Å². The molecule has 1 aliphatic rings. The van der Waals surface area contributed by atoms with Crippen LogP contribution in [0.4, 0.5) is 0 Å². The number of rotatable bonds is 2. The van der Waals surface area contributed by atoms with Gasteiger partial charge in [0.2, 0.25) is 0 Å². The Kier molecular flexibility index (Phi) is 3.37. The zero-order chi connectivity index (χ0) is 9.90. The molecule has 0 saturated carbocycles. The Morgan fingerprint density at radius 1 is 1.46 bits per heavy atom. The number of hydrogen-bond donors (Lipinski definition) is 1. The van der Waals surface area contributed by atoms with Crippen molar-refractivity contribution in [1.29, 1.82) is 0 Å². The first-order valence-corrected chi connectivity index (χ1v) is 5.03. The third-order valence-electron chi connectivity index (χ3n) is 2.49. The van der Waals surface area contributed by atoms with Crippen LogP contribution in [-0.2, 0) is 4.74 Å². The standard InChI is InChI=1S/C11H21NO/c1-11(2,3)10(12-4)9-6-5-7-13-8-9/h8,10,12H,5-7H2,1-4H3. The number of ether oxygens (including phenoxy) is 1. The van der Waals surface area contributed by atoms with Gasteiger partial charge in [0, 0.05) is 6.04 Å². The van der Waals surface area contributed by atoms with Gasteiger partial charge >= 0.3 is 0 Å². The Morgan fingerprint density at radius 3 is 2.54 bits per heavy atom. The molecule has 76 valence electrons. The van der Waals surface area contributed by atoms with Gasteiger partial charge in [0.25, 0.3) is 0 Å². The molecule has 0 radical (unpaired) electrons. The summed E-state index contributed by atoms with van der Waals surface area (Å²) in [4.78, 5) is 0. The normalized spacial score (nSPS) is 20.5. The van der Waals surface area contributed by atoms with Gasteiger partial charge in [-0.15, -0.1) is 0 Å². The molecule has 1 rings (SSSR count). The van der Waals surface area contributed by atoms with Crippen LogP contribution in [0.5, 0.6) is 0 Å². The van der Waals surface area contributed by atoms with Crippen molar-refractivity contribution >= 4 is 0 Å². The summed E-state index contributed by atoms with van der Waals surface area (Å²) in [5.74, 6) is 0. The van der Waals surface area contributed by atoms with Gasteiger partial charge in [-0.25, -0.2) is 0 Å². The molecule has 0 aliphatic carbocycles. The lowest BCUT2D eigenvalue weighted by molar-refractivity contribution is 0.206. The predicted molar refractivity (Wildman–Crippen MR) is 55.6 cm³/mol. The van der Waals surface area contributed by atoms with Crippen molar-refractivity contribution in [3.05, 3.63) is 11.8 Å². The summed E-state index contributed by atoms with van der Waals surface area (Å²) in [6.07, 6.45) is 4.26. The second kappa shape index (κ2) is 4.14. The second-order valence-electron chi connectivity index (χ2n) is 4.75. The third kappa shape index (κ3) is 2.73. The van der Waals surface area contributed by atoms with Crippen molar-refractivity contribution in [2.24, 2.45) is 5.41 Å². The van der Waals surface area contributed by atoms with E-state index < -0.39 is 0 Å². The fraction of sp³-hybridized carbons (Fsp3) is 0.818. The highest BCUT2D eigenvalue weighted by molar-refractivity contribution is 5.13. The molecule has 0 spiro atoms. The number of likely N-dealkylation sites (N-methyl/N-ethyl adjacent to an activating group) is 1. The minimum absolute atomic E-state index is 0.265. The quantitative estimate of drug-likeness (QED) is 0.709. The smallest absolute Gasteiger partial charge is 0.0876 e. The molecule has 0 aromatic heterocycles. The van der Waals surface area contributed by atoms with Crippen LogP contribution in [0.3, 0.4) is 0 Å². The molecular formula is C11H21NO. The zero-order valence-corrected chi connectivity index (χ0v) is 9.18. The van der Waals surface area contributed by atoms with Crippen LogP contribution >= 0.6 is 0 Å². The Bertz CT molecular complexity index is 191. The van der Waals surface area contributed by atoms with Gasteiger partial charge in [0.05, 0.1) is 12.9 Å². The van der Waals surface area contributed by atoms with Crippen molar-refractivity contribution in [3.8, 4) is 0 Å². The van der Waals surface area contributed by atoms with Crippen LogP contribution in [0.1, 0.15) is 33.6 Å².